The van der Waals surface area contributed by atoms with Crippen LogP contribution in [0.15, 0.2) is 18.2 Å². The first-order chi connectivity index (χ1) is 8.43. The van der Waals surface area contributed by atoms with Crippen LogP contribution in [0.2, 0.25) is 5.02 Å². The Kier molecular flexibility index (Phi) is 5.12. The first-order valence-electron chi connectivity index (χ1n) is 5.35. The zero-order chi connectivity index (χ0) is 13.7. The van der Waals surface area contributed by atoms with Gasteiger partial charge in [-0.25, -0.2) is 0 Å². The summed E-state index contributed by atoms with van der Waals surface area (Å²) in [5, 5.41) is 5.59. The highest BCUT2D eigenvalue weighted by Gasteiger charge is 2.12. The Bertz CT molecular complexity index is 463. The Morgan fingerprint density at radius 2 is 2.00 bits per heavy atom. The van der Waals surface area contributed by atoms with E-state index in [0.29, 0.717) is 16.4 Å². The van der Waals surface area contributed by atoms with Gasteiger partial charge in [0.25, 0.3) is 5.91 Å². The van der Waals surface area contributed by atoms with Crippen molar-refractivity contribution >= 4 is 34.8 Å². The van der Waals surface area contributed by atoms with Crippen molar-refractivity contribution in [1.29, 1.82) is 0 Å². The third-order valence-corrected chi connectivity index (χ3v) is 2.58. The summed E-state index contributed by atoms with van der Waals surface area (Å²) in [6, 6.07) is 4.83. The third kappa shape index (κ3) is 4.01. The van der Waals surface area contributed by atoms with Gasteiger partial charge in [0.2, 0.25) is 5.91 Å². The fourth-order valence-electron chi connectivity index (χ4n) is 1.23. The number of ether oxygens (including phenoxy) is 1. The van der Waals surface area contributed by atoms with Crippen LogP contribution in [-0.2, 0) is 14.3 Å². The monoisotopic (exact) mass is 270 g/mol. The standard InChI is InChI=1S/C12H15ClN2O3/c1-7(18-3)12(17)15-9-4-5-11(10(13)6-9)14-8(2)16/h4-7H,1-3H3,(H,14,16)(H,15,17)/t7-/m0/s1. The molecule has 2 N–H and O–H groups in total. The molecule has 0 saturated heterocycles. The Morgan fingerprint density at radius 3 is 2.50 bits per heavy atom. The highest BCUT2D eigenvalue weighted by molar-refractivity contribution is 6.34. The van der Waals surface area contributed by atoms with Crippen molar-refractivity contribution in [3.05, 3.63) is 23.2 Å². The van der Waals surface area contributed by atoms with Gasteiger partial charge in [0, 0.05) is 19.7 Å². The highest BCUT2D eigenvalue weighted by atomic mass is 35.5. The summed E-state index contributed by atoms with van der Waals surface area (Å²) in [5.41, 5.74) is 1.05. The first kappa shape index (κ1) is 14.5. The summed E-state index contributed by atoms with van der Waals surface area (Å²) < 4.78 is 4.89. The van der Waals surface area contributed by atoms with Crippen LogP contribution in [0.5, 0.6) is 0 Å². The Hall–Kier alpha value is -1.59. The third-order valence-electron chi connectivity index (χ3n) is 2.27. The molecular formula is C12H15ClN2O3. The van der Waals surface area contributed by atoms with Gasteiger partial charge in [-0.3, -0.25) is 9.59 Å². The molecule has 1 rings (SSSR count). The lowest BCUT2D eigenvalue weighted by molar-refractivity contribution is -0.124. The number of hydrogen-bond donors (Lipinski definition) is 2. The van der Waals surface area contributed by atoms with Gasteiger partial charge in [0.05, 0.1) is 10.7 Å². The van der Waals surface area contributed by atoms with Crippen molar-refractivity contribution in [2.24, 2.45) is 0 Å². The molecule has 1 atom stereocenters. The van der Waals surface area contributed by atoms with Crippen molar-refractivity contribution in [3.63, 3.8) is 0 Å². The molecule has 6 heteroatoms. The number of amides is 2. The molecule has 0 aliphatic rings. The van der Waals surface area contributed by atoms with E-state index < -0.39 is 6.10 Å². The molecule has 0 fully saturated rings. The summed E-state index contributed by atoms with van der Waals surface area (Å²) in [7, 11) is 1.46. The van der Waals surface area contributed by atoms with Gasteiger partial charge in [0.15, 0.2) is 0 Å². The maximum atomic E-state index is 11.6. The van der Waals surface area contributed by atoms with Crippen LogP contribution in [0.4, 0.5) is 11.4 Å². The maximum Gasteiger partial charge on any atom is 0.253 e. The molecular weight excluding hydrogens is 256 g/mol. The van der Waals surface area contributed by atoms with Gasteiger partial charge in [-0.2, -0.15) is 0 Å². The molecule has 5 nitrogen and oxygen atoms in total. The van der Waals surface area contributed by atoms with Gasteiger partial charge >= 0.3 is 0 Å². The molecule has 0 radical (unpaired) electrons. The average Bonchev–Trinajstić information content (AvgIpc) is 2.31. The normalized spacial score (nSPS) is 11.8. The minimum Gasteiger partial charge on any atom is -0.372 e. The van der Waals surface area contributed by atoms with E-state index in [-0.39, 0.29) is 11.8 Å². The van der Waals surface area contributed by atoms with E-state index in [4.69, 9.17) is 16.3 Å². The number of carbonyl (C=O) groups excluding carboxylic acids is 2. The molecule has 98 valence electrons. The number of halogens is 1. The summed E-state index contributed by atoms with van der Waals surface area (Å²) in [6.07, 6.45) is -0.543. The number of anilines is 2. The largest absolute Gasteiger partial charge is 0.372 e. The SMILES string of the molecule is CO[C@@H](C)C(=O)Nc1ccc(NC(C)=O)c(Cl)c1. The molecule has 1 aromatic rings. The fourth-order valence-corrected chi connectivity index (χ4v) is 1.46. The Balaban J connectivity index is 2.78. The zero-order valence-electron chi connectivity index (χ0n) is 10.4. The lowest BCUT2D eigenvalue weighted by Crippen LogP contribution is -2.26. The molecule has 2 amide bonds. The van der Waals surface area contributed by atoms with Crippen molar-refractivity contribution in [2.75, 3.05) is 17.7 Å². The smallest absolute Gasteiger partial charge is 0.253 e. The second-order valence-corrected chi connectivity index (χ2v) is 4.15. The first-order valence-corrected chi connectivity index (χ1v) is 5.72. The quantitative estimate of drug-likeness (QED) is 0.882. The van der Waals surface area contributed by atoms with Gasteiger partial charge in [-0.15, -0.1) is 0 Å². The van der Waals surface area contributed by atoms with Gasteiger partial charge in [0.1, 0.15) is 6.10 Å². The number of nitrogens with one attached hydrogen (secondary N) is 2. The van der Waals surface area contributed by atoms with E-state index in [0.717, 1.165) is 0 Å². The molecule has 0 spiro atoms. The minimum atomic E-state index is -0.543. The molecule has 0 heterocycles. The summed E-state index contributed by atoms with van der Waals surface area (Å²) >= 11 is 5.97. The van der Waals surface area contributed by atoms with E-state index in [1.54, 1.807) is 25.1 Å². The van der Waals surface area contributed by atoms with E-state index in [9.17, 15) is 9.59 Å². The lowest BCUT2D eigenvalue weighted by Gasteiger charge is -2.12. The van der Waals surface area contributed by atoms with Crippen molar-refractivity contribution in [3.8, 4) is 0 Å². The second kappa shape index (κ2) is 6.37. The molecule has 0 aromatic heterocycles. The predicted octanol–water partition coefficient (Wildman–Crippen LogP) is 2.27. The van der Waals surface area contributed by atoms with Crippen molar-refractivity contribution in [2.45, 2.75) is 20.0 Å². The number of carbonyl (C=O) groups is 2. The fraction of sp³-hybridized carbons (Fsp3) is 0.333. The van der Waals surface area contributed by atoms with E-state index in [1.165, 1.54) is 14.0 Å². The number of rotatable bonds is 4. The molecule has 1 aromatic carbocycles. The average molecular weight is 271 g/mol. The molecule has 0 aliphatic heterocycles. The van der Waals surface area contributed by atoms with Crippen LogP contribution in [0.25, 0.3) is 0 Å². The topological polar surface area (TPSA) is 67.4 Å². The number of hydrogen-bond acceptors (Lipinski definition) is 3. The summed E-state index contributed by atoms with van der Waals surface area (Å²) in [6.45, 7) is 3.04. The highest BCUT2D eigenvalue weighted by Crippen LogP contribution is 2.25. The van der Waals surface area contributed by atoms with Crippen LogP contribution in [0, 0.1) is 0 Å². The minimum absolute atomic E-state index is 0.207. The van der Waals surface area contributed by atoms with Crippen LogP contribution < -0.4 is 10.6 Å². The molecule has 0 saturated carbocycles. The van der Waals surface area contributed by atoms with Crippen LogP contribution >= 0.6 is 11.6 Å². The van der Waals surface area contributed by atoms with E-state index in [2.05, 4.69) is 10.6 Å². The molecule has 0 bridgehead atoms. The molecule has 0 unspecified atom stereocenters. The van der Waals surface area contributed by atoms with Crippen LogP contribution in [-0.4, -0.2) is 25.0 Å². The van der Waals surface area contributed by atoms with Gasteiger partial charge < -0.3 is 15.4 Å². The van der Waals surface area contributed by atoms with Crippen LogP contribution in [0.1, 0.15) is 13.8 Å². The van der Waals surface area contributed by atoms with Gasteiger partial charge in [-0.05, 0) is 25.1 Å². The Morgan fingerprint density at radius 1 is 1.33 bits per heavy atom. The van der Waals surface area contributed by atoms with Crippen molar-refractivity contribution < 1.29 is 14.3 Å². The lowest BCUT2D eigenvalue weighted by atomic mass is 10.2. The Labute approximate surface area is 110 Å². The van der Waals surface area contributed by atoms with Gasteiger partial charge in [-0.1, -0.05) is 11.6 Å². The van der Waals surface area contributed by atoms with E-state index in [1.807, 2.05) is 0 Å². The predicted molar refractivity (Wildman–Crippen MR) is 70.9 cm³/mol. The molecule has 18 heavy (non-hydrogen) atoms. The number of benzene rings is 1. The van der Waals surface area contributed by atoms with E-state index >= 15 is 0 Å². The molecule has 0 aliphatic carbocycles. The second-order valence-electron chi connectivity index (χ2n) is 3.74. The maximum absolute atomic E-state index is 11.6. The zero-order valence-corrected chi connectivity index (χ0v) is 11.2. The summed E-state index contributed by atoms with van der Waals surface area (Å²) in [4.78, 5) is 22.5. The van der Waals surface area contributed by atoms with Crippen molar-refractivity contribution in [1.82, 2.24) is 0 Å². The number of methoxy groups -OCH3 is 1. The summed E-state index contributed by atoms with van der Waals surface area (Å²) in [5.74, 6) is -0.470. The van der Waals surface area contributed by atoms with Crippen LogP contribution in [0.3, 0.4) is 0 Å².